The zero-order chi connectivity index (χ0) is 13.8. The number of piperazine rings is 1. The van der Waals surface area contributed by atoms with Crippen LogP contribution in [0.25, 0.3) is 11.3 Å². The van der Waals surface area contributed by atoms with Crippen LogP contribution >= 0.6 is 0 Å². The van der Waals surface area contributed by atoms with Crippen molar-refractivity contribution in [1.29, 1.82) is 0 Å². The van der Waals surface area contributed by atoms with Gasteiger partial charge < -0.3 is 9.42 Å². The van der Waals surface area contributed by atoms with E-state index in [1.54, 1.807) is 0 Å². The maximum atomic E-state index is 5.47. The fraction of sp³-hybridized carbons (Fsp3) is 0.438. The summed E-state index contributed by atoms with van der Waals surface area (Å²) >= 11 is 0. The van der Waals surface area contributed by atoms with Crippen LogP contribution in [0.4, 0.5) is 0 Å². The molecule has 1 fully saturated rings. The minimum Gasteiger partial charge on any atom is -0.359 e. The Bertz CT molecular complexity index is 530. The molecule has 1 aromatic heterocycles. The SMILES string of the molecule is CCN1CCN(Cc2cc(-c3ccccc3)no2)CC1. The summed E-state index contributed by atoms with van der Waals surface area (Å²) in [5.74, 6) is 0.953. The second-order valence-electron chi connectivity index (χ2n) is 5.25. The molecule has 0 radical (unpaired) electrons. The van der Waals surface area contributed by atoms with Crippen molar-refractivity contribution in [1.82, 2.24) is 15.0 Å². The molecular formula is C16H21N3O. The van der Waals surface area contributed by atoms with Crippen molar-refractivity contribution < 1.29 is 4.52 Å². The van der Waals surface area contributed by atoms with Gasteiger partial charge in [-0.05, 0) is 6.54 Å². The summed E-state index contributed by atoms with van der Waals surface area (Å²) in [7, 11) is 0. The van der Waals surface area contributed by atoms with Gasteiger partial charge in [0.15, 0.2) is 5.76 Å². The molecule has 106 valence electrons. The van der Waals surface area contributed by atoms with E-state index in [4.69, 9.17) is 4.52 Å². The third kappa shape index (κ3) is 3.08. The molecule has 0 N–H and O–H groups in total. The van der Waals surface area contributed by atoms with E-state index in [0.29, 0.717) is 0 Å². The Hall–Kier alpha value is -1.65. The quantitative estimate of drug-likeness (QED) is 0.855. The number of nitrogens with zero attached hydrogens (tertiary/aromatic N) is 3. The van der Waals surface area contributed by atoms with Crippen molar-refractivity contribution >= 4 is 0 Å². The molecule has 1 aliphatic rings. The number of likely N-dealkylation sites (N-methyl/N-ethyl adjacent to an activating group) is 1. The number of rotatable bonds is 4. The van der Waals surface area contributed by atoms with E-state index in [1.807, 2.05) is 18.2 Å². The first-order chi connectivity index (χ1) is 9.85. The van der Waals surface area contributed by atoms with Gasteiger partial charge >= 0.3 is 0 Å². The number of hydrogen-bond donors (Lipinski definition) is 0. The smallest absolute Gasteiger partial charge is 0.151 e. The molecule has 4 heteroatoms. The summed E-state index contributed by atoms with van der Waals surface area (Å²) in [6, 6.07) is 12.2. The lowest BCUT2D eigenvalue weighted by Gasteiger charge is -2.33. The molecule has 0 unspecified atom stereocenters. The zero-order valence-corrected chi connectivity index (χ0v) is 12.0. The van der Waals surface area contributed by atoms with E-state index in [-0.39, 0.29) is 0 Å². The van der Waals surface area contributed by atoms with Crippen LogP contribution in [0.5, 0.6) is 0 Å². The molecule has 2 aromatic rings. The first-order valence-electron chi connectivity index (χ1n) is 7.31. The summed E-state index contributed by atoms with van der Waals surface area (Å²) < 4.78 is 5.47. The van der Waals surface area contributed by atoms with Gasteiger partial charge in [0.1, 0.15) is 5.69 Å². The molecule has 1 aliphatic heterocycles. The van der Waals surface area contributed by atoms with Crippen LogP contribution in [0.15, 0.2) is 40.9 Å². The van der Waals surface area contributed by atoms with Gasteiger partial charge in [-0.25, -0.2) is 0 Å². The Morgan fingerprint density at radius 1 is 1.05 bits per heavy atom. The molecule has 2 heterocycles. The van der Waals surface area contributed by atoms with Gasteiger partial charge in [0, 0.05) is 37.8 Å². The lowest BCUT2D eigenvalue weighted by molar-refractivity contribution is 0.122. The van der Waals surface area contributed by atoms with Gasteiger partial charge in [0.05, 0.1) is 6.54 Å². The van der Waals surface area contributed by atoms with E-state index in [9.17, 15) is 0 Å². The Balaban J connectivity index is 1.61. The molecule has 1 aromatic carbocycles. The average molecular weight is 271 g/mol. The lowest BCUT2D eigenvalue weighted by atomic mass is 10.1. The molecule has 0 bridgehead atoms. The van der Waals surface area contributed by atoms with Crippen molar-refractivity contribution in [3.05, 3.63) is 42.2 Å². The largest absolute Gasteiger partial charge is 0.359 e. The van der Waals surface area contributed by atoms with E-state index < -0.39 is 0 Å². The average Bonchev–Trinajstić information content (AvgIpc) is 2.97. The van der Waals surface area contributed by atoms with Gasteiger partial charge in [-0.3, -0.25) is 4.90 Å². The standard InChI is InChI=1S/C16H21N3O/c1-2-18-8-10-19(11-9-18)13-15-12-16(17-20-15)14-6-4-3-5-7-14/h3-7,12H,2,8-11,13H2,1H3. The summed E-state index contributed by atoms with van der Waals surface area (Å²) in [6.07, 6.45) is 0. The van der Waals surface area contributed by atoms with Crippen molar-refractivity contribution in [3.8, 4) is 11.3 Å². The highest BCUT2D eigenvalue weighted by atomic mass is 16.5. The van der Waals surface area contributed by atoms with Crippen LogP contribution in [-0.2, 0) is 6.54 Å². The highest BCUT2D eigenvalue weighted by Crippen LogP contribution is 2.19. The minimum atomic E-state index is 0.859. The predicted octanol–water partition coefficient (Wildman–Crippen LogP) is 2.48. The highest BCUT2D eigenvalue weighted by Gasteiger charge is 2.17. The minimum absolute atomic E-state index is 0.859. The summed E-state index contributed by atoms with van der Waals surface area (Å²) in [5, 5.41) is 4.17. The molecule has 0 aliphatic carbocycles. The lowest BCUT2D eigenvalue weighted by Crippen LogP contribution is -2.45. The van der Waals surface area contributed by atoms with Crippen LogP contribution in [0.1, 0.15) is 12.7 Å². The van der Waals surface area contributed by atoms with Gasteiger partial charge in [-0.2, -0.15) is 0 Å². The third-order valence-corrected chi connectivity index (χ3v) is 3.92. The molecular weight excluding hydrogens is 250 g/mol. The van der Waals surface area contributed by atoms with E-state index in [0.717, 1.165) is 56.3 Å². The van der Waals surface area contributed by atoms with Crippen LogP contribution < -0.4 is 0 Å². The van der Waals surface area contributed by atoms with Crippen molar-refractivity contribution in [3.63, 3.8) is 0 Å². The third-order valence-electron chi connectivity index (χ3n) is 3.92. The van der Waals surface area contributed by atoms with Crippen molar-refractivity contribution in [2.75, 3.05) is 32.7 Å². The second kappa shape index (κ2) is 6.20. The Morgan fingerprint density at radius 3 is 2.45 bits per heavy atom. The number of aromatic nitrogens is 1. The summed E-state index contributed by atoms with van der Waals surface area (Å²) in [6.45, 7) is 8.74. The maximum Gasteiger partial charge on any atom is 0.151 e. The number of hydrogen-bond acceptors (Lipinski definition) is 4. The first-order valence-corrected chi connectivity index (χ1v) is 7.31. The van der Waals surface area contributed by atoms with E-state index in [2.05, 4.69) is 40.1 Å². The molecule has 0 spiro atoms. The van der Waals surface area contributed by atoms with Gasteiger partial charge in [-0.1, -0.05) is 42.4 Å². The van der Waals surface area contributed by atoms with Crippen molar-refractivity contribution in [2.24, 2.45) is 0 Å². The van der Waals surface area contributed by atoms with Gasteiger partial charge in [0.2, 0.25) is 0 Å². The van der Waals surface area contributed by atoms with E-state index >= 15 is 0 Å². The normalized spacial score (nSPS) is 17.4. The van der Waals surface area contributed by atoms with Gasteiger partial charge in [-0.15, -0.1) is 0 Å². The first kappa shape index (κ1) is 13.3. The Labute approximate surface area is 120 Å². The second-order valence-corrected chi connectivity index (χ2v) is 5.25. The molecule has 1 saturated heterocycles. The van der Waals surface area contributed by atoms with Crippen LogP contribution in [-0.4, -0.2) is 47.7 Å². The van der Waals surface area contributed by atoms with Crippen LogP contribution in [0.3, 0.4) is 0 Å². The molecule has 0 saturated carbocycles. The highest BCUT2D eigenvalue weighted by molar-refractivity contribution is 5.58. The molecule has 0 atom stereocenters. The van der Waals surface area contributed by atoms with Crippen LogP contribution in [0.2, 0.25) is 0 Å². The Morgan fingerprint density at radius 2 is 1.75 bits per heavy atom. The molecule has 20 heavy (non-hydrogen) atoms. The number of benzene rings is 1. The van der Waals surface area contributed by atoms with Crippen LogP contribution in [0, 0.1) is 0 Å². The molecule has 3 rings (SSSR count). The topological polar surface area (TPSA) is 32.5 Å². The fourth-order valence-electron chi connectivity index (χ4n) is 2.62. The van der Waals surface area contributed by atoms with E-state index in [1.165, 1.54) is 0 Å². The summed E-state index contributed by atoms with van der Waals surface area (Å²) in [4.78, 5) is 4.91. The fourth-order valence-corrected chi connectivity index (χ4v) is 2.62. The van der Waals surface area contributed by atoms with Crippen molar-refractivity contribution in [2.45, 2.75) is 13.5 Å². The molecule has 0 amide bonds. The summed E-state index contributed by atoms with van der Waals surface area (Å²) in [5.41, 5.74) is 2.03. The predicted molar refractivity (Wildman–Crippen MR) is 79.3 cm³/mol. The monoisotopic (exact) mass is 271 g/mol. The van der Waals surface area contributed by atoms with Gasteiger partial charge in [0.25, 0.3) is 0 Å². The maximum absolute atomic E-state index is 5.47. The Kier molecular flexibility index (Phi) is 4.14. The zero-order valence-electron chi connectivity index (χ0n) is 12.0. The molecule has 4 nitrogen and oxygen atoms in total.